The molecule has 154 valence electrons. The van der Waals surface area contributed by atoms with Crippen molar-refractivity contribution in [3.8, 4) is 0 Å². The van der Waals surface area contributed by atoms with E-state index in [0.717, 1.165) is 23.6 Å². The van der Waals surface area contributed by atoms with Gasteiger partial charge >= 0.3 is 0 Å². The first-order valence-corrected chi connectivity index (χ1v) is 10.4. The summed E-state index contributed by atoms with van der Waals surface area (Å²) in [6, 6.07) is 18.6. The van der Waals surface area contributed by atoms with Crippen LogP contribution in [-0.4, -0.2) is 36.0 Å². The Morgan fingerprint density at radius 2 is 1.32 bits per heavy atom. The lowest BCUT2D eigenvalue weighted by Crippen LogP contribution is -2.36. The predicted octanol–water partition coefficient (Wildman–Crippen LogP) is 5.23. The minimum atomic E-state index is -0.322. The molecule has 0 bridgehead atoms. The molecule has 0 saturated carbocycles. The molecule has 3 heterocycles. The van der Waals surface area contributed by atoms with Gasteiger partial charge in [0.2, 0.25) is 0 Å². The van der Waals surface area contributed by atoms with Crippen molar-refractivity contribution in [2.24, 2.45) is 0 Å². The fraction of sp³-hybridized carbons (Fsp3) is 0.200. The second-order valence-corrected chi connectivity index (χ2v) is 7.90. The van der Waals surface area contributed by atoms with Gasteiger partial charge < -0.3 is 13.6 Å². The highest BCUT2D eigenvalue weighted by atomic mass is 16.5. The van der Waals surface area contributed by atoms with Crippen LogP contribution in [0.2, 0.25) is 0 Å². The molecule has 1 atom stereocenters. The van der Waals surface area contributed by atoms with E-state index in [2.05, 4.69) is 0 Å². The summed E-state index contributed by atoms with van der Waals surface area (Å²) in [5.41, 5.74) is 2.79. The summed E-state index contributed by atoms with van der Waals surface area (Å²) in [6.07, 6.45) is 1.70. The molecular weight excluding hydrogens is 394 g/mol. The number of amides is 2. The van der Waals surface area contributed by atoms with Crippen LogP contribution in [0.4, 0.5) is 0 Å². The van der Waals surface area contributed by atoms with Crippen LogP contribution in [0.1, 0.15) is 33.6 Å². The minimum absolute atomic E-state index is 0.102. The highest BCUT2D eigenvalue weighted by Gasteiger charge is 2.38. The van der Waals surface area contributed by atoms with Crippen molar-refractivity contribution < 1.29 is 23.2 Å². The first-order valence-electron chi connectivity index (χ1n) is 10.4. The summed E-state index contributed by atoms with van der Waals surface area (Å²) in [6.45, 7) is 0.938. The van der Waals surface area contributed by atoms with Gasteiger partial charge in [-0.05, 0) is 37.1 Å². The lowest BCUT2D eigenvalue weighted by atomic mass is 10.1. The van der Waals surface area contributed by atoms with Crippen molar-refractivity contribution in [2.45, 2.75) is 18.9 Å². The number of benzene rings is 3. The Hall–Kier alpha value is -3.64. The molecule has 0 aliphatic carbocycles. The predicted molar refractivity (Wildman–Crippen MR) is 115 cm³/mol. The van der Waals surface area contributed by atoms with Crippen molar-refractivity contribution in [1.82, 2.24) is 4.90 Å². The van der Waals surface area contributed by atoms with Crippen molar-refractivity contribution >= 4 is 44.9 Å². The average molecular weight is 413 g/mol. The van der Waals surface area contributed by atoms with Gasteiger partial charge in [0.05, 0.1) is 23.8 Å². The number of hydrogen-bond acceptors (Lipinski definition) is 5. The zero-order valence-electron chi connectivity index (χ0n) is 16.7. The molecule has 3 aromatic carbocycles. The second-order valence-electron chi connectivity index (χ2n) is 7.90. The molecule has 6 heteroatoms. The van der Waals surface area contributed by atoms with Crippen LogP contribution >= 0.6 is 0 Å². The first-order chi connectivity index (χ1) is 15.2. The van der Waals surface area contributed by atoms with E-state index in [1.165, 1.54) is 4.90 Å². The van der Waals surface area contributed by atoms with E-state index >= 15 is 0 Å². The van der Waals surface area contributed by atoms with E-state index in [-0.39, 0.29) is 24.5 Å². The van der Waals surface area contributed by atoms with Gasteiger partial charge in [-0.3, -0.25) is 14.5 Å². The van der Waals surface area contributed by atoms with Gasteiger partial charge in [0, 0.05) is 17.4 Å². The maximum absolute atomic E-state index is 13.0. The molecule has 0 N–H and O–H groups in total. The van der Waals surface area contributed by atoms with E-state index < -0.39 is 0 Å². The van der Waals surface area contributed by atoms with Crippen LogP contribution in [-0.2, 0) is 4.74 Å². The van der Waals surface area contributed by atoms with Crippen LogP contribution in [0.15, 0.2) is 69.5 Å². The number of imide groups is 1. The number of fused-ring (bicyclic) bond motifs is 5. The van der Waals surface area contributed by atoms with Gasteiger partial charge in [0.1, 0.15) is 11.2 Å². The van der Waals surface area contributed by atoms with Crippen LogP contribution in [0, 0.1) is 0 Å². The van der Waals surface area contributed by atoms with Gasteiger partial charge in [0.25, 0.3) is 11.8 Å². The third kappa shape index (κ3) is 2.91. The maximum Gasteiger partial charge on any atom is 0.261 e. The number of carbonyl (C=O) groups excluding carboxylic acids is 2. The lowest BCUT2D eigenvalue weighted by Gasteiger charge is -2.17. The molecule has 2 amide bonds. The molecular formula is C25H19NO5. The molecule has 1 saturated heterocycles. The normalized spacial score (nSPS) is 18.3. The molecule has 6 rings (SSSR count). The van der Waals surface area contributed by atoms with Gasteiger partial charge in [-0.1, -0.05) is 36.4 Å². The van der Waals surface area contributed by atoms with Crippen molar-refractivity contribution in [1.29, 1.82) is 0 Å². The summed E-state index contributed by atoms with van der Waals surface area (Å²) < 4.78 is 18.0. The highest BCUT2D eigenvalue weighted by molar-refractivity contribution is 6.22. The van der Waals surface area contributed by atoms with Crippen LogP contribution < -0.4 is 0 Å². The Bertz CT molecular complexity index is 1320. The lowest BCUT2D eigenvalue weighted by molar-refractivity contribution is 0.0475. The zero-order chi connectivity index (χ0) is 20.9. The zero-order valence-corrected chi connectivity index (χ0v) is 16.7. The summed E-state index contributed by atoms with van der Waals surface area (Å²) in [5.74, 6) is -0.643. The standard InChI is InChI=1S/C25H19NO5/c27-24-18-12-22-23(13-19(18)25(28)26(24)14-15-6-5-11-29-15)31-21-10-4-2-8-17(21)16-7-1-3-9-20(16)30-22/h1-4,7-10,12-13,15H,5-6,11,14H2/t15-/m0/s1. The Morgan fingerprint density at radius 1 is 0.774 bits per heavy atom. The molecule has 6 nitrogen and oxygen atoms in total. The highest BCUT2D eigenvalue weighted by Crippen LogP contribution is 2.32. The fourth-order valence-corrected chi connectivity index (χ4v) is 4.41. The van der Waals surface area contributed by atoms with Crippen LogP contribution in [0.3, 0.4) is 0 Å². The number of hydrogen-bond donors (Lipinski definition) is 0. The summed E-state index contributed by atoms with van der Waals surface area (Å²) in [4.78, 5) is 27.3. The molecule has 0 radical (unpaired) electrons. The second kappa shape index (κ2) is 6.96. The van der Waals surface area contributed by atoms with E-state index in [4.69, 9.17) is 13.6 Å². The quantitative estimate of drug-likeness (QED) is 0.421. The number of para-hydroxylation sites is 2. The largest absolute Gasteiger partial charge is 0.453 e. The van der Waals surface area contributed by atoms with E-state index in [1.807, 2.05) is 48.5 Å². The monoisotopic (exact) mass is 413 g/mol. The minimum Gasteiger partial charge on any atom is -0.453 e. The van der Waals surface area contributed by atoms with Crippen molar-refractivity contribution in [3.05, 3.63) is 71.8 Å². The van der Waals surface area contributed by atoms with Crippen LogP contribution in [0.5, 0.6) is 0 Å². The Morgan fingerprint density at radius 3 is 1.84 bits per heavy atom. The molecule has 0 spiro atoms. The number of nitrogens with zero attached hydrogens (tertiary/aromatic N) is 1. The van der Waals surface area contributed by atoms with Crippen molar-refractivity contribution in [2.75, 3.05) is 13.2 Å². The summed E-state index contributed by atoms with van der Waals surface area (Å²) in [7, 11) is 0. The molecule has 1 aromatic heterocycles. The van der Waals surface area contributed by atoms with Crippen molar-refractivity contribution in [3.63, 3.8) is 0 Å². The molecule has 0 unspecified atom stereocenters. The fourth-order valence-electron chi connectivity index (χ4n) is 4.41. The number of rotatable bonds is 2. The maximum atomic E-state index is 13.0. The first kappa shape index (κ1) is 18.2. The van der Waals surface area contributed by atoms with Gasteiger partial charge in [0.15, 0.2) is 11.2 Å². The third-order valence-corrected chi connectivity index (χ3v) is 5.95. The van der Waals surface area contributed by atoms with E-state index in [1.54, 1.807) is 12.1 Å². The molecule has 2 aliphatic rings. The summed E-state index contributed by atoms with van der Waals surface area (Å²) >= 11 is 0. The smallest absolute Gasteiger partial charge is 0.261 e. The SMILES string of the molecule is O=C1c2cc3oc4ccccc4c4ccccc4oc3cc2C(=O)N1C[C@@H]1CCCO1. The topological polar surface area (TPSA) is 72.9 Å². The number of carbonyl (C=O) groups is 2. The Kier molecular flexibility index (Phi) is 4.07. The summed E-state index contributed by atoms with van der Waals surface area (Å²) in [5, 5.41) is 1.79. The molecule has 31 heavy (non-hydrogen) atoms. The molecule has 1 fully saturated rings. The molecule has 4 aromatic rings. The van der Waals surface area contributed by atoms with Gasteiger partial charge in [-0.25, -0.2) is 0 Å². The van der Waals surface area contributed by atoms with Crippen LogP contribution in [0.25, 0.3) is 33.1 Å². The Balaban J connectivity index is 1.59. The van der Waals surface area contributed by atoms with E-state index in [0.29, 0.717) is 40.1 Å². The Labute approximate surface area is 177 Å². The average Bonchev–Trinajstić information content (AvgIpc) is 3.37. The van der Waals surface area contributed by atoms with Gasteiger partial charge in [-0.2, -0.15) is 0 Å². The molecule has 2 aliphatic heterocycles. The van der Waals surface area contributed by atoms with E-state index in [9.17, 15) is 9.59 Å². The third-order valence-electron chi connectivity index (χ3n) is 5.95. The van der Waals surface area contributed by atoms with Gasteiger partial charge in [-0.15, -0.1) is 0 Å². The number of ether oxygens (including phenoxy) is 1.